The van der Waals surface area contributed by atoms with Gasteiger partial charge in [0.2, 0.25) is 15.9 Å². The molecule has 2 heterocycles. The highest BCUT2D eigenvalue weighted by Gasteiger charge is 2.26. The van der Waals surface area contributed by atoms with E-state index >= 15 is 0 Å². The fourth-order valence-electron chi connectivity index (χ4n) is 3.85. The summed E-state index contributed by atoms with van der Waals surface area (Å²) < 4.78 is 30.1. The maximum Gasteiger partial charge on any atom is 0.329 e. The lowest BCUT2D eigenvalue weighted by Gasteiger charge is -2.26. The molecule has 8 nitrogen and oxygen atoms in total. The van der Waals surface area contributed by atoms with Crippen LogP contribution in [-0.4, -0.2) is 40.9 Å². The van der Waals surface area contributed by atoms with Crippen molar-refractivity contribution in [2.24, 2.45) is 7.05 Å². The molecular formula is C21H24N4O4S. The number of carbonyl (C=O) groups is 1. The molecule has 1 saturated heterocycles. The predicted molar refractivity (Wildman–Crippen MR) is 115 cm³/mol. The molecule has 3 aromatic rings. The van der Waals surface area contributed by atoms with Crippen molar-refractivity contribution >= 4 is 32.7 Å². The average Bonchev–Trinajstić information content (AvgIpc) is 2.99. The topological polar surface area (TPSA) is 93.4 Å². The van der Waals surface area contributed by atoms with Crippen LogP contribution in [-0.2, 0) is 28.4 Å². The fraction of sp³-hybridized carbons (Fsp3) is 0.333. The first-order chi connectivity index (χ1) is 14.4. The summed E-state index contributed by atoms with van der Waals surface area (Å²) in [4.78, 5) is 25.3. The minimum absolute atomic E-state index is 0.157. The Morgan fingerprint density at radius 2 is 1.70 bits per heavy atom. The number of piperidine rings is 1. The van der Waals surface area contributed by atoms with Crippen molar-refractivity contribution in [2.45, 2.75) is 30.7 Å². The molecule has 0 saturated carbocycles. The van der Waals surface area contributed by atoms with E-state index in [2.05, 4.69) is 5.32 Å². The van der Waals surface area contributed by atoms with Gasteiger partial charge in [0.25, 0.3) is 0 Å². The number of fused-ring (bicyclic) bond motifs is 1. The molecule has 0 spiro atoms. The lowest BCUT2D eigenvalue weighted by atomic mass is 10.2. The number of aryl methyl sites for hydroxylation is 1. The van der Waals surface area contributed by atoms with Crippen LogP contribution in [0.5, 0.6) is 0 Å². The molecule has 2 aromatic carbocycles. The van der Waals surface area contributed by atoms with Gasteiger partial charge in [0.1, 0.15) is 6.54 Å². The number of nitrogens with zero attached hydrogens (tertiary/aromatic N) is 3. The van der Waals surface area contributed by atoms with Crippen molar-refractivity contribution in [2.75, 3.05) is 18.4 Å². The first-order valence-electron chi connectivity index (χ1n) is 9.92. The second-order valence-electron chi connectivity index (χ2n) is 7.46. The number of imidazole rings is 1. The summed E-state index contributed by atoms with van der Waals surface area (Å²) in [6, 6.07) is 13.5. The number of para-hydroxylation sites is 2. The van der Waals surface area contributed by atoms with Crippen LogP contribution in [0.2, 0.25) is 0 Å². The number of hydrogen-bond donors (Lipinski definition) is 1. The molecule has 0 aliphatic carbocycles. The van der Waals surface area contributed by atoms with Gasteiger partial charge in [-0.1, -0.05) is 24.6 Å². The molecule has 1 aliphatic rings. The number of benzene rings is 2. The van der Waals surface area contributed by atoms with Crippen molar-refractivity contribution < 1.29 is 13.2 Å². The van der Waals surface area contributed by atoms with E-state index in [0.717, 1.165) is 24.8 Å². The standard InChI is InChI=1S/C21H24N4O4S/c1-23-18-10-3-4-11-19(18)25(21(23)27)15-20(26)22-16-8-7-9-17(14-16)30(28,29)24-12-5-2-6-13-24/h3-4,7-11,14H,2,5-6,12-13,15H2,1H3,(H,22,26). The SMILES string of the molecule is Cn1c(=O)n(CC(=O)Nc2cccc(S(=O)(=O)N3CCCCC3)c2)c2ccccc21. The summed E-state index contributed by atoms with van der Waals surface area (Å²) in [5, 5.41) is 2.72. The Hall–Kier alpha value is -2.91. The Morgan fingerprint density at radius 3 is 2.43 bits per heavy atom. The van der Waals surface area contributed by atoms with Crippen LogP contribution in [0.1, 0.15) is 19.3 Å². The molecule has 4 rings (SSSR count). The van der Waals surface area contributed by atoms with Gasteiger partial charge in [-0.2, -0.15) is 4.31 Å². The van der Waals surface area contributed by atoms with E-state index in [1.54, 1.807) is 25.2 Å². The number of rotatable bonds is 5. The van der Waals surface area contributed by atoms with E-state index in [4.69, 9.17) is 0 Å². The van der Waals surface area contributed by atoms with Crippen molar-refractivity contribution in [1.29, 1.82) is 0 Å². The fourth-order valence-corrected chi connectivity index (χ4v) is 5.41. The summed E-state index contributed by atoms with van der Waals surface area (Å²) >= 11 is 0. The van der Waals surface area contributed by atoms with Crippen molar-refractivity contribution in [3.05, 3.63) is 59.0 Å². The zero-order chi connectivity index (χ0) is 21.3. The van der Waals surface area contributed by atoms with Gasteiger partial charge < -0.3 is 5.32 Å². The highest BCUT2D eigenvalue weighted by molar-refractivity contribution is 7.89. The number of amides is 1. The summed E-state index contributed by atoms with van der Waals surface area (Å²) in [5.41, 5.74) is 1.51. The van der Waals surface area contributed by atoms with Gasteiger partial charge in [-0.15, -0.1) is 0 Å². The molecule has 0 bridgehead atoms. The van der Waals surface area contributed by atoms with E-state index in [1.807, 2.05) is 18.2 Å². The first kappa shape index (κ1) is 20.4. The van der Waals surface area contributed by atoms with E-state index in [0.29, 0.717) is 24.3 Å². The predicted octanol–water partition coefficient (Wildman–Crippen LogP) is 2.15. The Labute approximate surface area is 174 Å². The number of carbonyl (C=O) groups excluding carboxylic acids is 1. The normalized spacial score (nSPS) is 15.4. The van der Waals surface area contributed by atoms with Crippen molar-refractivity contribution in [3.8, 4) is 0 Å². The minimum Gasteiger partial charge on any atom is -0.324 e. The van der Waals surface area contributed by atoms with Crippen molar-refractivity contribution in [3.63, 3.8) is 0 Å². The van der Waals surface area contributed by atoms with Gasteiger partial charge in [-0.3, -0.25) is 13.9 Å². The van der Waals surface area contributed by atoms with Crippen LogP contribution in [0.15, 0.2) is 58.2 Å². The van der Waals surface area contributed by atoms with Crippen molar-refractivity contribution in [1.82, 2.24) is 13.4 Å². The Kier molecular flexibility index (Phi) is 5.48. The summed E-state index contributed by atoms with van der Waals surface area (Å²) in [7, 11) is -1.93. The first-order valence-corrected chi connectivity index (χ1v) is 11.4. The number of anilines is 1. The van der Waals surface area contributed by atoms with Crippen LogP contribution in [0.3, 0.4) is 0 Å². The van der Waals surface area contributed by atoms with Crippen LogP contribution in [0.4, 0.5) is 5.69 Å². The van der Waals surface area contributed by atoms with Gasteiger partial charge in [0.15, 0.2) is 0 Å². The molecule has 9 heteroatoms. The zero-order valence-corrected chi connectivity index (χ0v) is 17.6. The maximum atomic E-state index is 12.9. The van der Waals surface area contributed by atoms with E-state index in [-0.39, 0.29) is 17.1 Å². The molecule has 0 radical (unpaired) electrons. The Morgan fingerprint density at radius 1 is 1.00 bits per heavy atom. The molecule has 1 N–H and O–H groups in total. The van der Waals surface area contributed by atoms with Crippen LogP contribution in [0.25, 0.3) is 11.0 Å². The average molecular weight is 429 g/mol. The van der Waals surface area contributed by atoms with Gasteiger partial charge >= 0.3 is 5.69 Å². The third kappa shape index (κ3) is 3.78. The monoisotopic (exact) mass is 428 g/mol. The molecule has 1 aliphatic heterocycles. The van der Waals surface area contributed by atoms with E-state index < -0.39 is 15.9 Å². The molecule has 1 aromatic heterocycles. The van der Waals surface area contributed by atoms with Crippen LogP contribution < -0.4 is 11.0 Å². The molecule has 1 fully saturated rings. The second kappa shape index (κ2) is 8.08. The van der Waals surface area contributed by atoms with Gasteiger partial charge in [-0.25, -0.2) is 13.2 Å². The highest BCUT2D eigenvalue weighted by atomic mass is 32.2. The number of nitrogens with one attached hydrogen (secondary N) is 1. The smallest absolute Gasteiger partial charge is 0.324 e. The summed E-state index contributed by atoms with van der Waals surface area (Å²) in [6.45, 7) is 0.870. The zero-order valence-electron chi connectivity index (χ0n) is 16.7. The summed E-state index contributed by atoms with van der Waals surface area (Å²) in [6.07, 6.45) is 2.75. The lowest BCUT2D eigenvalue weighted by Crippen LogP contribution is -2.35. The molecular weight excluding hydrogens is 404 g/mol. The van der Waals surface area contributed by atoms with Crippen LogP contribution >= 0.6 is 0 Å². The summed E-state index contributed by atoms with van der Waals surface area (Å²) in [5.74, 6) is -0.402. The van der Waals surface area contributed by atoms with Gasteiger partial charge in [0, 0.05) is 25.8 Å². The highest BCUT2D eigenvalue weighted by Crippen LogP contribution is 2.23. The Bertz CT molecular complexity index is 1250. The minimum atomic E-state index is -3.59. The van der Waals surface area contributed by atoms with Gasteiger partial charge in [0.05, 0.1) is 15.9 Å². The molecule has 30 heavy (non-hydrogen) atoms. The molecule has 158 valence electrons. The largest absolute Gasteiger partial charge is 0.329 e. The second-order valence-corrected chi connectivity index (χ2v) is 9.40. The van der Waals surface area contributed by atoms with Gasteiger partial charge in [-0.05, 0) is 43.2 Å². The number of hydrogen-bond acceptors (Lipinski definition) is 4. The number of sulfonamides is 1. The molecule has 1 amide bonds. The quantitative estimate of drug-likeness (QED) is 0.674. The Balaban J connectivity index is 1.54. The lowest BCUT2D eigenvalue weighted by molar-refractivity contribution is -0.116. The third-order valence-electron chi connectivity index (χ3n) is 5.42. The molecule has 0 atom stereocenters. The van der Waals surface area contributed by atoms with Crippen LogP contribution in [0, 0.1) is 0 Å². The third-order valence-corrected chi connectivity index (χ3v) is 7.32. The maximum absolute atomic E-state index is 12.9. The van der Waals surface area contributed by atoms with E-state index in [1.165, 1.54) is 25.6 Å². The number of aromatic nitrogens is 2. The van der Waals surface area contributed by atoms with E-state index in [9.17, 15) is 18.0 Å². The molecule has 0 unspecified atom stereocenters.